The zero-order valence-electron chi connectivity index (χ0n) is 9.93. The number of nitrogens with one attached hydrogen (secondary N) is 1. The molecule has 0 spiro atoms. The number of hydrogen-bond acceptors (Lipinski definition) is 3. The van der Waals surface area contributed by atoms with Gasteiger partial charge in [-0.05, 0) is 24.6 Å². The molecular weight excluding hydrogens is 252 g/mol. The first-order chi connectivity index (χ1) is 8.65. The molecule has 0 radical (unpaired) electrons. The maximum Gasteiger partial charge on any atom is 0.242 e. The molecule has 1 aromatic heterocycles. The summed E-state index contributed by atoms with van der Waals surface area (Å²) in [5.41, 5.74) is 1.86. The predicted molar refractivity (Wildman–Crippen MR) is 68.1 cm³/mol. The van der Waals surface area contributed by atoms with Crippen molar-refractivity contribution >= 4 is 17.5 Å². The molecule has 0 atom stereocenters. The molecule has 0 unspecified atom stereocenters. The van der Waals surface area contributed by atoms with E-state index in [9.17, 15) is 4.79 Å². The molecule has 5 nitrogen and oxygen atoms in total. The zero-order valence-corrected chi connectivity index (χ0v) is 10.7. The summed E-state index contributed by atoms with van der Waals surface area (Å²) >= 11 is 5.78. The van der Waals surface area contributed by atoms with Crippen LogP contribution in [-0.2, 0) is 17.9 Å². The third-order valence-electron chi connectivity index (χ3n) is 2.51. The van der Waals surface area contributed by atoms with E-state index in [1.54, 1.807) is 23.0 Å². The van der Waals surface area contributed by atoms with Gasteiger partial charge in [0.2, 0.25) is 5.91 Å². The Hall–Kier alpha value is -1.88. The SMILES string of the molecule is Cc1cnnn1CC(=O)NCc1ccc(Cl)cc1. The smallest absolute Gasteiger partial charge is 0.242 e. The van der Waals surface area contributed by atoms with Gasteiger partial charge in [0.05, 0.1) is 11.9 Å². The van der Waals surface area contributed by atoms with Crippen LogP contribution in [0.15, 0.2) is 30.5 Å². The Bertz CT molecular complexity index is 535. The fraction of sp³-hybridized carbons (Fsp3) is 0.250. The van der Waals surface area contributed by atoms with Crippen molar-refractivity contribution < 1.29 is 4.79 Å². The molecule has 0 aliphatic carbocycles. The highest BCUT2D eigenvalue weighted by Crippen LogP contribution is 2.09. The lowest BCUT2D eigenvalue weighted by atomic mass is 10.2. The molecular formula is C12H13ClN4O. The number of carbonyl (C=O) groups is 1. The van der Waals surface area contributed by atoms with Gasteiger partial charge in [-0.25, -0.2) is 4.68 Å². The van der Waals surface area contributed by atoms with Crippen molar-refractivity contribution in [2.45, 2.75) is 20.0 Å². The molecule has 0 saturated carbocycles. The van der Waals surface area contributed by atoms with E-state index in [1.807, 2.05) is 19.1 Å². The topological polar surface area (TPSA) is 59.8 Å². The summed E-state index contributed by atoms with van der Waals surface area (Å²) < 4.78 is 1.55. The van der Waals surface area contributed by atoms with Crippen molar-refractivity contribution in [2.75, 3.05) is 0 Å². The number of benzene rings is 1. The summed E-state index contributed by atoms with van der Waals surface area (Å²) in [6, 6.07) is 7.35. The Morgan fingerprint density at radius 3 is 2.72 bits per heavy atom. The van der Waals surface area contributed by atoms with Crippen LogP contribution >= 0.6 is 11.6 Å². The van der Waals surface area contributed by atoms with Crippen LogP contribution in [-0.4, -0.2) is 20.9 Å². The average molecular weight is 265 g/mol. The van der Waals surface area contributed by atoms with Gasteiger partial charge in [0, 0.05) is 11.6 Å². The maximum absolute atomic E-state index is 11.7. The summed E-state index contributed by atoms with van der Waals surface area (Å²) in [7, 11) is 0. The van der Waals surface area contributed by atoms with Crippen LogP contribution in [0, 0.1) is 6.92 Å². The molecule has 0 fully saturated rings. The van der Waals surface area contributed by atoms with E-state index < -0.39 is 0 Å². The van der Waals surface area contributed by atoms with E-state index in [4.69, 9.17) is 11.6 Å². The van der Waals surface area contributed by atoms with Gasteiger partial charge in [-0.15, -0.1) is 5.10 Å². The second-order valence-corrected chi connectivity index (χ2v) is 4.37. The monoisotopic (exact) mass is 264 g/mol. The summed E-state index contributed by atoms with van der Waals surface area (Å²) in [6.45, 7) is 2.51. The van der Waals surface area contributed by atoms with Crippen molar-refractivity contribution in [3.05, 3.63) is 46.7 Å². The van der Waals surface area contributed by atoms with Crippen LogP contribution in [0.1, 0.15) is 11.3 Å². The van der Waals surface area contributed by atoms with Crippen molar-refractivity contribution in [3.8, 4) is 0 Å². The van der Waals surface area contributed by atoms with Gasteiger partial charge in [-0.3, -0.25) is 4.79 Å². The number of amides is 1. The molecule has 18 heavy (non-hydrogen) atoms. The Kier molecular flexibility index (Phi) is 3.94. The van der Waals surface area contributed by atoms with Gasteiger partial charge in [0.1, 0.15) is 6.54 Å². The summed E-state index contributed by atoms with van der Waals surface area (Å²) in [6.07, 6.45) is 1.62. The third kappa shape index (κ3) is 3.30. The van der Waals surface area contributed by atoms with E-state index in [0.29, 0.717) is 11.6 Å². The van der Waals surface area contributed by atoms with E-state index >= 15 is 0 Å². The van der Waals surface area contributed by atoms with E-state index in [2.05, 4.69) is 15.6 Å². The molecule has 1 aromatic carbocycles. The van der Waals surface area contributed by atoms with Crippen LogP contribution in [0.25, 0.3) is 0 Å². The lowest BCUT2D eigenvalue weighted by molar-refractivity contribution is -0.122. The van der Waals surface area contributed by atoms with E-state index in [1.165, 1.54) is 0 Å². The molecule has 1 amide bonds. The highest BCUT2D eigenvalue weighted by Gasteiger charge is 2.05. The number of nitrogens with zero attached hydrogens (tertiary/aromatic N) is 3. The Labute approximate surface area is 110 Å². The van der Waals surface area contributed by atoms with Gasteiger partial charge < -0.3 is 5.32 Å². The van der Waals surface area contributed by atoms with Crippen molar-refractivity contribution in [1.29, 1.82) is 0 Å². The average Bonchev–Trinajstić information content (AvgIpc) is 2.74. The first-order valence-corrected chi connectivity index (χ1v) is 5.89. The Morgan fingerprint density at radius 1 is 1.39 bits per heavy atom. The van der Waals surface area contributed by atoms with Gasteiger partial charge in [-0.1, -0.05) is 28.9 Å². The number of halogens is 1. The molecule has 0 saturated heterocycles. The number of carbonyl (C=O) groups excluding carboxylic acids is 1. The first-order valence-electron chi connectivity index (χ1n) is 5.51. The molecule has 2 rings (SSSR count). The minimum atomic E-state index is -0.0986. The zero-order chi connectivity index (χ0) is 13.0. The first kappa shape index (κ1) is 12.6. The van der Waals surface area contributed by atoms with Crippen LogP contribution < -0.4 is 5.32 Å². The standard InChI is InChI=1S/C12H13ClN4O/c1-9-6-15-16-17(9)8-12(18)14-7-10-2-4-11(13)5-3-10/h2-6H,7-8H2,1H3,(H,14,18). The molecule has 6 heteroatoms. The number of aromatic nitrogens is 3. The molecule has 94 valence electrons. The maximum atomic E-state index is 11.7. The fourth-order valence-electron chi connectivity index (χ4n) is 1.46. The van der Waals surface area contributed by atoms with E-state index in [-0.39, 0.29) is 12.5 Å². The van der Waals surface area contributed by atoms with Gasteiger partial charge in [0.15, 0.2) is 0 Å². The van der Waals surface area contributed by atoms with Crippen molar-refractivity contribution in [2.24, 2.45) is 0 Å². The van der Waals surface area contributed by atoms with Crippen LogP contribution in [0.2, 0.25) is 5.02 Å². The number of aryl methyl sites for hydroxylation is 1. The van der Waals surface area contributed by atoms with Crippen molar-refractivity contribution in [3.63, 3.8) is 0 Å². The molecule has 0 bridgehead atoms. The minimum Gasteiger partial charge on any atom is -0.350 e. The molecule has 0 aliphatic heterocycles. The largest absolute Gasteiger partial charge is 0.350 e. The number of hydrogen-bond donors (Lipinski definition) is 1. The molecule has 1 N–H and O–H groups in total. The summed E-state index contributed by atoms with van der Waals surface area (Å²) in [5.74, 6) is -0.0986. The van der Waals surface area contributed by atoms with E-state index in [0.717, 1.165) is 11.3 Å². The van der Waals surface area contributed by atoms with Crippen LogP contribution in [0.3, 0.4) is 0 Å². The van der Waals surface area contributed by atoms with Gasteiger partial charge in [-0.2, -0.15) is 0 Å². The highest BCUT2D eigenvalue weighted by atomic mass is 35.5. The number of rotatable bonds is 4. The van der Waals surface area contributed by atoms with Crippen molar-refractivity contribution in [1.82, 2.24) is 20.3 Å². The lowest BCUT2D eigenvalue weighted by Crippen LogP contribution is -2.27. The minimum absolute atomic E-state index is 0.0986. The Balaban J connectivity index is 1.85. The van der Waals surface area contributed by atoms with Gasteiger partial charge >= 0.3 is 0 Å². The Morgan fingerprint density at radius 2 is 2.11 bits per heavy atom. The normalized spacial score (nSPS) is 10.3. The quantitative estimate of drug-likeness (QED) is 0.912. The highest BCUT2D eigenvalue weighted by molar-refractivity contribution is 6.30. The second kappa shape index (κ2) is 5.64. The second-order valence-electron chi connectivity index (χ2n) is 3.94. The van der Waals surface area contributed by atoms with Crippen LogP contribution in [0.5, 0.6) is 0 Å². The summed E-state index contributed by atoms with van der Waals surface area (Å²) in [4.78, 5) is 11.7. The molecule has 0 aliphatic rings. The summed E-state index contributed by atoms with van der Waals surface area (Å²) in [5, 5.41) is 11.0. The van der Waals surface area contributed by atoms with Crippen LogP contribution in [0.4, 0.5) is 0 Å². The predicted octanol–water partition coefficient (Wildman–Crippen LogP) is 1.56. The third-order valence-corrected chi connectivity index (χ3v) is 2.76. The van der Waals surface area contributed by atoms with Gasteiger partial charge in [0.25, 0.3) is 0 Å². The molecule has 2 aromatic rings. The molecule has 1 heterocycles. The lowest BCUT2D eigenvalue weighted by Gasteiger charge is -2.06. The fourth-order valence-corrected chi connectivity index (χ4v) is 1.59.